The molecule has 3 nitrogen and oxygen atoms in total. The van der Waals surface area contributed by atoms with Crippen molar-refractivity contribution in [1.82, 2.24) is 4.57 Å². The Labute approximate surface area is 75.0 Å². The molecule has 3 rings (SSSR count). The third-order valence-corrected chi connectivity index (χ3v) is 2.38. The number of fused-ring (bicyclic) bond motifs is 3. The number of carbonyl (C=O) groups excluding carboxylic acids is 1. The lowest BCUT2D eigenvalue weighted by Crippen LogP contribution is -2.07. The van der Waals surface area contributed by atoms with E-state index < -0.39 is 0 Å². The number of rotatable bonds is 0. The highest BCUT2D eigenvalue weighted by molar-refractivity contribution is 6.02. The molecule has 3 heteroatoms. The van der Waals surface area contributed by atoms with E-state index in [1.807, 2.05) is 30.3 Å². The maximum Gasteiger partial charge on any atom is 0.252 e. The third-order valence-electron chi connectivity index (χ3n) is 2.38. The molecule has 13 heavy (non-hydrogen) atoms. The highest BCUT2D eigenvalue weighted by Gasteiger charge is 2.20. The van der Waals surface area contributed by atoms with Crippen molar-refractivity contribution in [3.63, 3.8) is 0 Å². The summed E-state index contributed by atoms with van der Waals surface area (Å²) in [5.41, 5.74) is 0.993. The van der Waals surface area contributed by atoms with Gasteiger partial charge in [0.05, 0.1) is 12.1 Å². The molecular weight excluding hydrogens is 164 g/mol. The molecule has 0 aliphatic carbocycles. The van der Waals surface area contributed by atoms with Crippen molar-refractivity contribution in [2.24, 2.45) is 0 Å². The van der Waals surface area contributed by atoms with Gasteiger partial charge in [0.25, 0.3) is 5.91 Å². The second kappa shape index (κ2) is 2.13. The van der Waals surface area contributed by atoms with Crippen molar-refractivity contribution in [1.29, 1.82) is 0 Å². The van der Waals surface area contributed by atoms with Crippen LogP contribution in [0.5, 0.6) is 0 Å². The summed E-state index contributed by atoms with van der Waals surface area (Å²) in [6, 6.07) is 9.89. The van der Waals surface area contributed by atoms with Crippen LogP contribution in [0.3, 0.4) is 0 Å². The van der Waals surface area contributed by atoms with Crippen LogP contribution in [0.15, 0.2) is 30.3 Å². The van der Waals surface area contributed by atoms with Gasteiger partial charge in [-0.1, -0.05) is 18.2 Å². The van der Waals surface area contributed by atoms with Gasteiger partial charge in [0.15, 0.2) is 0 Å². The van der Waals surface area contributed by atoms with Crippen LogP contribution in [-0.4, -0.2) is 17.0 Å². The average molecular weight is 172 g/mol. The minimum absolute atomic E-state index is 0.121. The first-order valence-electron chi connectivity index (χ1n) is 4.24. The topological polar surface area (TPSA) is 34.0 Å². The number of aromatic nitrogens is 1. The third kappa shape index (κ3) is 0.758. The Morgan fingerprint density at radius 2 is 2.15 bits per heavy atom. The zero-order chi connectivity index (χ0) is 8.84. The predicted molar refractivity (Wildman–Crippen MR) is 51.1 cm³/mol. The number of nitrogens with zero attached hydrogens (tertiary/aromatic N) is 1. The molecule has 0 spiro atoms. The highest BCUT2D eigenvalue weighted by atomic mass is 16.2. The van der Waals surface area contributed by atoms with Crippen LogP contribution < -0.4 is 5.32 Å². The Morgan fingerprint density at radius 3 is 3.08 bits per heavy atom. The molecule has 0 atom stereocenters. The van der Waals surface area contributed by atoms with E-state index in [2.05, 4.69) is 5.32 Å². The number of hydrogen-bond donors (Lipinski definition) is 1. The summed E-state index contributed by atoms with van der Waals surface area (Å²) in [6.07, 6.45) is 0. The maximum atomic E-state index is 11.4. The van der Waals surface area contributed by atoms with Gasteiger partial charge >= 0.3 is 0 Å². The van der Waals surface area contributed by atoms with Gasteiger partial charge in [-0.25, -0.2) is 0 Å². The van der Waals surface area contributed by atoms with E-state index in [0.29, 0.717) is 6.54 Å². The Hall–Kier alpha value is -1.77. The van der Waals surface area contributed by atoms with Crippen molar-refractivity contribution in [3.8, 4) is 0 Å². The molecule has 2 aromatic rings. The Bertz CT molecular complexity index is 499. The smallest absolute Gasteiger partial charge is 0.252 e. The molecular formula is C10H8N2O. The molecule has 2 heterocycles. The second-order valence-corrected chi connectivity index (χ2v) is 3.17. The van der Waals surface area contributed by atoms with E-state index in [9.17, 15) is 4.79 Å². The number of anilines is 1. The molecule has 1 aromatic heterocycles. The van der Waals surface area contributed by atoms with E-state index in [0.717, 1.165) is 16.7 Å². The summed E-state index contributed by atoms with van der Waals surface area (Å²) in [7, 11) is 0. The summed E-state index contributed by atoms with van der Waals surface area (Å²) in [5, 5.41) is 4.16. The average Bonchev–Trinajstić information content (AvgIpc) is 2.66. The molecule has 0 saturated heterocycles. The number of nitrogens with one attached hydrogen (secondary N) is 1. The van der Waals surface area contributed by atoms with Gasteiger partial charge in [0, 0.05) is 5.39 Å². The quantitative estimate of drug-likeness (QED) is 0.656. The van der Waals surface area contributed by atoms with Crippen LogP contribution in [0.2, 0.25) is 0 Å². The van der Waals surface area contributed by atoms with Gasteiger partial charge in [-0.2, -0.15) is 0 Å². The van der Waals surface area contributed by atoms with Crippen molar-refractivity contribution in [2.75, 3.05) is 11.9 Å². The van der Waals surface area contributed by atoms with Crippen molar-refractivity contribution in [3.05, 3.63) is 30.3 Å². The zero-order valence-corrected chi connectivity index (χ0v) is 6.95. The minimum Gasteiger partial charge on any atom is -0.362 e. The number of benzene rings is 1. The summed E-state index contributed by atoms with van der Waals surface area (Å²) < 4.78 is 1.73. The maximum absolute atomic E-state index is 11.4. The van der Waals surface area contributed by atoms with Gasteiger partial charge in [0.1, 0.15) is 5.82 Å². The Morgan fingerprint density at radius 1 is 1.31 bits per heavy atom. The van der Waals surface area contributed by atoms with Crippen LogP contribution in [0.4, 0.5) is 5.82 Å². The molecule has 0 radical (unpaired) electrons. The van der Waals surface area contributed by atoms with Crippen LogP contribution in [0.1, 0.15) is 4.79 Å². The lowest BCUT2D eigenvalue weighted by atomic mass is 10.2. The number of hydrogen-bond acceptors (Lipinski definition) is 2. The van der Waals surface area contributed by atoms with Gasteiger partial charge < -0.3 is 5.32 Å². The molecule has 1 aromatic carbocycles. The van der Waals surface area contributed by atoms with Crippen molar-refractivity contribution >= 4 is 22.6 Å². The first-order chi connectivity index (χ1) is 6.36. The molecule has 0 amide bonds. The Kier molecular flexibility index (Phi) is 1.10. The fourth-order valence-electron chi connectivity index (χ4n) is 1.80. The highest BCUT2D eigenvalue weighted by Crippen LogP contribution is 2.26. The van der Waals surface area contributed by atoms with Gasteiger partial charge in [-0.05, 0) is 12.1 Å². The fraction of sp³-hybridized carbons (Fsp3) is 0.100. The summed E-state index contributed by atoms with van der Waals surface area (Å²) in [6.45, 7) is 0.417. The molecule has 0 bridgehead atoms. The molecule has 64 valence electrons. The van der Waals surface area contributed by atoms with Gasteiger partial charge in [-0.15, -0.1) is 0 Å². The second-order valence-electron chi connectivity index (χ2n) is 3.17. The molecule has 0 unspecified atom stereocenters. The van der Waals surface area contributed by atoms with E-state index >= 15 is 0 Å². The lowest BCUT2D eigenvalue weighted by Gasteiger charge is -1.95. The molecule has 0 fully saturated rings. The first-order valence-corrected chi connectivity index (χ1v) is 4.24. The lowest BCUT2D eigenvalue weighted by molar-refractivity contribution is 0.0948. The minimum atomic E-state index is 0.121. The van der Waals surface area contributed by atoms with Crippen LogP contribution in [0, 0.1) is 0 Å². The summed E-state index contributed by atoms with van der Waals surface area (Å²) in [4.78, 5) is 11.4. The fourth-order valence-corrected chi connectivity index (χ4v) is 1.80. The number of carbonyl (C=O) groups is 1. The van der Waals surface area contributed by atoms with E-state index in [4.69, 9.17) is 0 Å². The molecule has 1 aliphatic heterocycles. The molecule has 1 N–H and O–H groups in total. The van der Waals surface area contributed by atoms with Gasteiger partial charge in [-0.3, -0.25) is 9.36 Å². The SMILES string of the molecule is O=C1CNc2cc3ccccc3n21. The van der Waals surface area contributed by atoms with Gasteiger partial charge in [0.2, 0.25) is 0 Å². The molecule has 1 aliphatic rings. The number of para-hydroxylation sites is 1. The summed E-state index contributed by atoms with van der Waals surface area (Å²) >= 11 is 0. The predicted octanol–water partition coefficient (Wildman–Crippen LogP) is 1.71. The van der Waals surface area contributed by atoms with Crippen LogP contribution >= 0.6 is 0 Å². The van der Waals surface area contributed by atoms with Crippen molar-refractivity contribution in [2.45, 2.75) is 0 Å². The standard InChI is InChI=1S/C10H8N2O/c13-10-6-11-9-5-7-3-1-2-4-8(7)12(9)10/h1-5,11H,6H2. The van der Waals surface area contributed by atoms with E-state index in [-0.39, 0.29) is 5.91 Å². The summed E-state index contributed by atoms with van der Waals surface area (Å²) in [5.74, 6) is 1.03. The van der Waals surface area contributed by atoms with Crippen LogP contribution in [0.25, 0.3) is 10.9 Å². The molecule has 0 saturated carbocycles. The first kappa shape index (κ1) is 6.71. The normalized spacial score (nSPS) is 14.6. The van der Waals surface area contributed by atoms with E-state index in [1.54, 1.807) is 4.57 Å². The van der Waals surface area contributed by atoms with Crippen molar-refractivity contribution < 1.29 is 4.79 Å². The monoisotopic (exact) mass is 172 g/mol. The zero-order valence-electron chi connectivity index (χ0n) is 6.95. The largest absolute Gasteiger partial charge is 0.362 e. The Balaban J connectivity index is 2.46. The van der Waals surface area contributed by atoms with E-state index in [1.165, 1.54) is 0 Å². The van der Waals surface area contributed by atoms with Crippen LogP contribution in [-0.2, 0) is 0 Å².